The van der Waals surface area contributed by atoms with E-state index < -0.39 is 45.4 Å². The van der Waals surface area contributed by atoms with Crippen molar-refractivity contribution >= 4 is 23.4 Å². The van der Waals surface area contributed by atoms with E-state index in [1.165, 1.54) is 6.92 Å². The number of nitrogens with zero attached hydrogens (tertiary/aromatic N) is 1. The van der Waals surface area contributed by atoms with E-state index in [0.717, 1.165) is 0 Å². The number of ketones is 1. The van der Waals surface area contributed by atoms with Crippen molar-refractivity contribution < 1.29 is 23.1 Å². The zero-order chi connectivity index (χ0) is 15.7. The van der Waals surface area contributed by atoms with Crippen LogP contribution in [0.3, 0.4) is 0 Å². The van der Waals surface area contributed by atoms with Gasteiger partial charge in [0, 0.05) is 6.42 Å². The quantitative estimate of drug-likeness (QED) is 0.487. The Bertz CT molecular complexity index is 568. The summed E-state index contributed by atoms with van der Waals surface area (Å²) < 4.78 is 32.0. The predicted molar refractivity (Wildman–Crippen MR) is 69.0 cm³/mol. The Morgan fingerprint density at radius 1 is 1.30 bits per heavy atom. The Morgan fingerprint density at radius 3 is 2.30 bits per heavy atom. The van der Waals surface area contributed by atoms with E-state index in [1.54, 1.807) is 20.8 Å². The summed E-state index contributed by atoms with van der Waals surface area (Å²) in [6.45, 7) is 6.24. The molecule has 0 aliphatic rings. The number of aromatic nitrogens is 1. The molecule has 0 saturated carbocycles. The molecular weight excluding hydrogens is 292 g/mol. The fraction of sp³-hybridized carbons (Fsp3) is 0.462. The van der Waals surface area contributed by atoms with Crippen molar-refractivity contribution in [2.75, 3.05) is 0 Å². The van der Waals surface area contributed by atoms with E-state index in [4.69, 9.17) is 16.3 Å². The van der Waals surface area contributed by atoms with E-state index in [1.807, 2.05) is 0 Å². The van der Waals surface area contributed by atoms with Gasteiger partial charge in [-0.2, -0.15) is 4.39 Å². The molecule has 7 heteroatoms. The maximum absolute atomic E-state index is 13.6. The van der Waals surface area contributed by atoms with Crippen LogP contribution in [0.2, 0.25) is 5.02 Å². The first-order chi connectivity index (χ1) is 9.08. The summed E-state index contributed by atoms with van der Waals surface area (Å²) in [6.07, 6.45) is -0.0894. The largest absolute Gasteiger partial charge is 0.455 e. The number of halogens is 3. The molecule has 0 atom stereocenters. The average molecular weight is 306 g/mol. The maximum atomic E-state index is 13.6. The molecule has 0 aliphatic carbocycles. The van der Waals surface area contributed by atoms with Crippen LogP contribution in [0.15, 0.2) is 0 Å². The highest BCUT2D eigenvalue weighted by Crippen LogP contribution is 2.27. The molecule has 0 radical (unpaired) electrons. The van der Waals surface area contributed by atoms with Gasteiger partial charge in [-0.15, -0.1) is 0 Å². The van der Waals surface area contributed by atoms with Gasteiger partial charge in [-0.05, 0) is 20.8 Å². The highest BCUT2D eigenvalue weighted by molar-refractivity contribution is 6.36. The number of esters is 1. The first-order valence-electron chi connectivity index (χ1n) is 5.89. The van der Waals surface area contributed by atoms with E-state index in [-0.39, 0.29) is 6.42 Å². The summed E-state index contributed by atoms with van der Waals surface area (Å²) in [4.78, 5) is 26.6. The Balaban J connectivity index is 3.40. The molecule has 110 valence electrons. The van der Waals surface area contributed by atoms with E-state index in [2.05, 4.69) is 4.98 Å². The normalized spacial score (nSPS) is 11.3. The Morgan fingerprint density at radius 2 is 1.85 bits per heavy atom. The Hall–Kier alpha value is -1.56. The van der Waals surface area contributed by atoms with Crippen LogP contribution in [0, 0.1) is 11.8 Å². The Labute approximate surface area is 120 Å². The molecule has 20 heavy (non-hydrogen) atoms. The molecule has 1 rings (SSSR count). The molecule has 0 fully saturated rings. The lowest BCUT2D eigenvalue weighted by Crippen LogP contribution is -2.25. The molecule has 4 nitrogen and oxygen atoms in total. The van der Waals surface area contributed by atoms with Gasteiger partial charge in [-0.25, -0.2) is 14.2 Å². The van der Waals surface area contributed by atoms with Crippen LogP contribution >= 0.6 is 11.6 Å². The van der Waals surface area contributed by atoms with Gasteiger partial charge in [-0.1, -0.05) is 18.5 Å². The van der Waals surface area contributed by atoms with Crippen LogP contribution in [-0.4, -0.2) is 22.3 Å². The summed E-state index contributed by atoms with van der Waals surface area (Å²) in [5.74, 6) is -4.77. The summed E-state index contributed by atoms with van der Waals surface area (Å²) in [7, 11) is 0. The molecule has 0 aliphatic heterocycles. The van der Waals surface area contributed by atoms with Crippen molar-refractivity contribution in [1.29, 1.82) is 0 Å². The second-order valence-corrected chi connectivity index (χ2v) is 5.41. The first-order valence-corrected chi connectivity index (χ1v) is 6.27. The van der Waals surface area contributed by atoms with Crippen LogP contribution in [0.4, 0.5) is 8.78 Å². The van der Waals surface area contributed by atoms with Crippen LogP contribution in [0.25, 0.3) is 0 Å². The number of carbonyl (C=O) groups is 2. The second kappa shape index (κ2) is 5.83. The number of Topliss-reactive ketones (excluding diaryl/α,β-unsaturated/α-hetero) is 1. The van der Waals surface area contributed by atoms with Gasteiger partial charge in [0.1, 0.15) is 5.60 Å². The number of ether oxygens (including phenoxy) is 1. The van der Waals surface area contributed by atoms with Gasteiger partial charge in [-0.3, -0.25) is 4.79 Å². The lowest BCUT2D eigenvalue weighted by atomic mass is 10.1. The van der Waals surface area contributed by atoms with E-state index in [9.17, 15) is 18.4 Å². The molecule has 0 bridgehead atoms. The van der Waals surface area contributed by atoms with Crippen molar-refractivity contribution in [3.63, 3.8) is 0 Å². The lowest BCUT2D eigenvalue weighted by molar-refractivity contribution is 0.00615. The first kappa shape index (κ1) is 16.5. The Kier molecular flexibility index (Phi) is 4.81. The molecule has 1 heterocycles. The monoisotopic (exact) mass is 305 g/mol. The number of pyridine rings is 1. The standard InChI is InChI=1S/C13H14ClF2NO3/c1-5-6(18)7-8(14)10(17-11(16)9(7)15)12(19)20-13(2,3)4/h5H2,1-4H3. The third-order valence-electron chi connectivity index (χ3n) is 2.23. The smallest absolute Gasteiger partial charge is 0.359 e. The second-order valence-electron chi connectivity index (χ2n) is 5.03. The third kappa shape index (κ3) is 3.50. The summed E-state index contributed by atoms with van der Waals surface area (Å²) in [6, 6.07) is 0. The molecule has 0 N–H and O–H groups in total. The van der Waals surface area contributed by atoms with Crippen LogP contribution in [0.1, 0.15) is 55.0 Å². The molecular formula is C13H14ClF2NO3. The van der Waals surface area contributed by atoms with E-state index in [0.29, 0.717) is 0 Å². The van der Waals surface area contributed by atoms with Gasteiger partial charge in [0.15, 0.2) is 17.3 Å². The molecule has 0 aromatic carbocycles. The minimum atomic E-state index is -1.56. The summed E-state index contributed by atoms with van der Waals surface area (Å²) in [5.41, 5.74) is -2.15. The van der Waals surface area contributed by atoms with Gasteiger partial charge in [0.25, 0.3) is 5.95 Å². The SMILES string of the molecule is CCC(=O)c1c(F)c(F)nc(C(=O)OC(C)(C)C)c1Cl. The highest BCUT2D eigenvalue weighted by atomic mass is 35.5. The molecule has 0 saturated heterocycles. The van der Waals surface area contributed by atoms with Gasteiger partial charge < -0.3 is 4.74 Å². The van der Waals surface area contributed by atoms with Crippen molar-refractivity contribution in [2.24, 2.45) is 0 Å². The number of hydrogen-bond acceptors (Lipinski definition) is 4. The fourth-order valence-corrected chi connectivity index (χ4v) is 1.71. The van der Waals surface area contributed by atoms with Gasteiger partial charge in [0.2, 0.25) is 0 Å². The van der Waals surface area contributed by atoms with Crippen LogP contribution in [-0.2, 0) is 4.74 Å². The topological polar surface area (TPSA) is 56.3 Å². The van der Waals surface area contributed by atoms with Crippen molar-refractivity contribution in [2.45, 2.75) is 39.7 Å². The molecule has 1 aromatic heterocycles. The number of rotatable bonds is 3. The minimum absolute atomic E-state index is 0.0894. The van der Waals surface area contributed by atoms with Crippen molar-refractivity contribution in [3.8, 4) is 0 Å². The fourth-order valence-electron chi connectivity index (χ4n) is 1.40. The zero-order valence-electron chi connectivity index (χ0n) is 11.5. The van der Waals surface area contributed by atoms with Gasteiger partial charge >= 0.3 is 5.97 Å². The van der Waals surface area contributed by atoms with Crippen LogP contribution in [0.5, 0.6) is 0 Å². The summed E-state index contributed by atoms with van der Waals surface area (Å²) >= 11 is 5.79. The molecule has 0 unspecified atom stereocenters. The molecule has 0 spiro atoms. The van der Waals surface area contributed by atoms with Crippen LogP contribution < -0.4 is 0 Å². The maximum Gasteiger partial charge on any atom is 0.359 e. The van der Waals surface area contributed by atoms with Crippen molar-refractivity contribution in [1.82, 2.24) is 4.98 Å². The highest BCUT2D eigenvalue weighted by Gasteiger charge is 2.29. The number of carbonyl (C=O) groups excluding carboxylic acids is 2. The zero-order valence-corrected chi connectivity index (χ0v) is 12.3. The van der Waals surface area contributed by atoms with Gasteiger partial charge in [0.05, 0.1) is 10.6 Å². The lowest BCUT2D eigenvalue weighted by Gasteiger charge is -2.19. The summed E-state index contributed by atoms with van der Waals surface area (Å²) in [5, 5.41) is -0.537. The predicted octanol–water partition coefficient (Wildman–Crippen LogP) is 3.56. The molecule has 1 aromatic rings. The van der Waals surface area contributed by atoms with Crippen molar-refractivity contribution in [3.05, 3.63) is 28.0 Å². The third-order valence-corrected chi connectivity index (χ3v) is 2.60. The minimum Gasteiger partial charge on any atom is -0.455 e. The molecule has 0 amide bonds. The number of hydrogen-bond donors (Lipinski definition) is 0. The average Bonchev–Trinajstić information content (AvgIpc) is 2.31. The van der Waals surface area contributed by atoms with E-state index >= 15 is 0 Å².